The van der Waals surface area contributed by atoms with E-state index >= 15 is 0 Å². The Hall–Kier alpha value is -2.36. The van der Waals surface area contributed by atoms with Crippen molar-refractivity contribution in [3.8, 4) is 11.5 Å². The zero-order chi connectivity index (χ0) is 16.8. The molecule has 10 heteroatoms. The molecule has 0 fully saturated rings. The third-order valence-corrected chi connectivity index (χ3v) is 3.39. The van der Waals surface area contributed by atoms with E-state index in [4.69, 9.17) is 15.2 Å². The smallest absolute Gasteiger partial charge is 0.255 e. The Bertz CT molecular complexity index is 690. The SMILES string of the molecule is CCOc1cc(CNc2nnnn2C)cc(Br)c1OCC(N)=O. The lowest BCUT2D eigenvalue weighted by Gasteiger charge is -2.15. The number of tetrazole rings is 1. The molecule has 23 heavy (non-hydrogen) atoms. The first-order chi connectivity index (χ1) is 11.0. The van der Waals surface area contributed by atoms with Gasteiger partial charge in [0.1, 0.15) is 0 Å². The number of primary amides is 1. The van der Waals surface area contributed by atoms with E-state index in [1.165, 1.54) is 4.68 Å². The predicted molar refractivity (Wildman–Crippen MR) is 86.1 cm³/mol. The second-order valence-corrected chi connectivity index (χ2v) is 5.43. The van der Waals surface area contributed by atoms with Crippen LogP contribution in [0.2, 0.25) is 0 Å². The molecule has 3 N–H and O–H groups in total. The number of nitrogens with one attached hydrogen (secondary N) is 1. The lowest BCUT2D eigenvalue weighted by atomic mass is 10.2. The minimum atomic E-state index is -0.556. The van der Waals surface area contributed by atoms with Crippen molar-refractivity contribution in [1.29, 1.82) is 0 Å². The second-order valence-electron chi connectivity index (χ2n) is 4.57. The standard InChI is InChI=1S/C13H17BrN6O3/c1-3-22-10-5-8(6-16-13-17-18-19-20(13)2)4-9(14)12(10)23-7-11(15)21/h4-5H,3,6-7H2,1-2H3,(H2,15,21)(H,16,17,19). The van der Waals surface area contributed by atoms with Crippen LogP contribution in [0.1, 0.15) is 12.5 Å². The fourth-order valence-electron chi connectivity index (χ4n) is 1.83. The number of benzene rings is 1. The topological polar surface area (TPSA) is 117 Å². The van der Waals surface area contributed by atoms with Crippen LogP contribution >= 0.6 is 15.9 Å². The van der Waals surface area contributed by atoms with Gasteiger partial charge in [0.05, 0.1) is 11.1 Å². The van der Waals surface area contributed by atoms with Gasteiger partial charge in [-0.25, -0.2) is 4.68 Å². The van der Waals surface area contributed by atoms with Crippen molar-refractivity contribution in [2.24, 2.45) is 12.8 Å². The van der Waals surface area contributed by atoms with E-state index in [9.17, 15) is 4.79 Å². The number of nitrogens with zero attached hydrogens (tertiary/aromatic N) is 4. The fraction of sp³-hybridized carbons (Fsp3) is 0.385. The predicted octanol–water partition coefficient (Wildman–Crippen LogP) is 0.847. The van der Waals surface area contributed by atoms with Gasteiger partial charge in [0.2, 0.25) is 5.95 Å². The molecule has 1 aromatic heterocycles. The van der Waals surface area contributed by atoms with Crippen LogP contribution in [-0.4, -0.2) is 39.3 Å². The van der Waals surface area contributed by atoms with E-state index in [-0.39, 0.29) is 6.61 Å². The maximum atomic E-state index is 10.9. The Labute approximate surface area is 141 Å². The molecule has 2 rings (SSSR count). The number of carbonyl (C=O) groups excluding carboxylic acids is 1. The second kappa shape index (κ2) is 7.77. The number of anilines is 1. The third-order valence-electron chi connectivity index (χ3n) is 2.80. The molecule has 0 aliphatic rings. The molecule has 0 aliphatic heterocycles. The van der Waals surface area contributed by atoms with Gasteiger partial charge < -0.3 is 20.5 Å². The molecule has 9 nitrogen and oxygen atoms in total. The van der Waals surface area contributed by atoms with Crippen LogP contribution in [0.3, 0.4) is 0 Å². The van der Waals surface area contributed by atoms with Crippen LogP contribution in [0.15, 0.2) is 16.6 Å². The number of aryl methyl sites for hydroxylation is 1. The van der Waals surface area contributed by atoms with Gasteiger partial charge in [0.15, 0.2) is 18.1 Å². The Morgan fingerprint density at radius 3 is 2.83 bits per heavy atom. The minimum Gasteiger partial charge on any atom is -0.490 e. The number of nitrogens with two attached hydrogens (primary N) is 1. The van der Waals surface area contributed by atoms with Crippen molar-refractivity contribution in [2.75, 3.05) is 18.5 Å². The highest BCUT2D eigenvalue weighted by atomic mass is 79.9. The fourth-order valence-corrected chi connectivity index (χ4v) is 2.43. The highest BCUT2D eigenvalue weighted by Gasteiger charge is 2.14. The zero-order valence-electron chi connectivity index (χ0n) is 12.7. The first-order valence-electron chi connectivity index (χ1n) is 6.83. The lowest BCUT2D eigenvalue weighted by molar-refractivity contribution is -0.119. The maximum absolute atomic E-state index is 10.9. The third kappa shape index (κ3) is 4.55. The minimum absolute atomic E-state index is 0.221. The Kier molecular flexibility index (Phi) is 5.74. The first-order valence-corrected chi connectivity index (χ1v) is 7.63. The number of aromatic nitrogens is 4. The van der Waals surface area contributed by atoms with Crippen LogP contribution in [0.4, 0.5) is 5.95 Å². The van der Waals surface area contributed by atoms with Crippen molar-refractivity contribution in [2.45, 2.75) is 13.5 Å². The largest absolute Gasteiger partial charge is 0.490 e. The molecule has 0 saturated heterocycles. The molecule has 1 heterocycles. The highest BCUT2D eigenvalue weighted by molar-refractivity contribution is 9.10. The highest BCUT2D eigenvalue weighted by Crippen LogP contribution is 2.37. The number of rotatable bonds is 8. The van der Waals surface area contributed by atoms with Crippen LogP contribution in [0, 0.1) is 0 Å². The summed E-state index contributed by atoms with van der Waals surface area (Å²) in [6.45, 7) is 2.59. The van der Waals surface area contributed by atoms with Gasteiger partial charge in [-0.3, -0.25) is 4.79 Å². The molecule has 0 spiro atoms. The number of hydrogen-bond acceptors (Lipinski definition) is 7. The van der Waals surface area contributed by atoms with Crippen LogP contribution in [0.25, 0.3) is 0 Å². The molecular weight excluding hydrogens is 368 g/mol. The van der Waals surface area contributed by atoms with Gasteiger partial charge in [-0.1, -0.05) is 5.10 Å². The lowest BCUT2D eigenvalue weighted by Crippen LogP contribution is -2.20. The number of halogens is 1. The molecule has 0 bridgehead atoms. The van der Waals surface area contributed by atoms with E-state index < -0.39 is 5.91 Å². The van der Waals surface area contributed by atoms with Gasteiger partial charge in [0, 0.05) is 13.6 Å². The Balaban J connectivity index is 2.17. The van der Waals surface area contributed by atoms with Crippen molar-refractivity contribution >= 4 is 27.8 Å². The summed E-state index contributed by atoms with van der Waals surface area (Å²) in [7, 11) is 1.74. The normalized spacial score (nSPS) is 10.4. The molecule has 124 valence electrons. The van der Waals surface area contributed by atoms with E-state index in [0.717, 1.165) is 5.56 Å². The molecule has 1 aromatic carbocycles. The number of ether oxygens (including phenoxy) is 2. The van der Waals surface area contributed by atoms with Crippen LogP contribution in [0.5, 0.6) is 11.5 Å². The average molecular weight is 385 g/mol. The molecule has 0 saturated carbocycles. The summed E-state index contributed by atoms with van der Waals surface area (Å²) >= 11 is 3.42. The number of hydrogen-bond donors (Lipinski definition) is 2. The summed E-state index contributed by atoms with van der Waals surface area (Å²) < 4.78 is 13.2. The first kappa shape index (κ1) is 17.0. The summed E-state index contributed by atoms with van der Waals surface area (Å²) in [4.78, 5) is 10.9. The van der Waals surface area contributed by atoms with Gasteiger partial charge in [0.25, 0.3) is 5.91 Å². The molecule has 0 atom stereocenters. The van der Waals surface area contributed by atoms with E-state index in [1.807, 2.05) is 19.1 Å². The van der Waals surface area contributed by atoms with Gasteiger partial charge in [-0.15, -0.1) is 0 Å². The van der Waals surface area contributed by atoms with Gasteiger partial charge >= 0.3 is 0 Å². The van der Waals surface area contributed by atoms with Gasteiger partial charge in [-0.2, -0.15) is 0 Å². The number of carbonyl (C=O) groups is 1. The maximum Gasteiger partial charge on any atom is 0.255 e. The van der Waals surface area contributed by atoms with Crippen LogP contribution < -0.4 is 20.5 Å². The molecule has 0 unspecified atom stereocenters. The number of amides is 1. The van der Waals surface area contributed by atoms with Crippen molar-refractivity contribution in [3.05, 3.63) is 22.2 Å². The molecule has 0 aliphatic carbocycles. The summed E-state index contributed by atoms with van der Waals surface area (Å²) in [5, 5.41) is 14.3. The zero-order valence-corrected chi connectivity index (χ0v) is 14.3. The molecule has 2 aromatic rings. The van der Waals surface area contributed by atoms with E-state index in [1.54, 1.807) is 7.05 Å². The van der Waals surface area contributed by atoms with E-state index in [0.29, 0.717) is 35.1 Å². The monoisotopic (exact) mass is 384 g/mol. The molecule has 1 amide bonds. The van der Waals surface area contributed by atoms with Crippen molar-refractivity contribution in [3.63, 3.8) is 0 Å². The average Bonchev–Trinajstić information content (AvgIpc) is 2.89. The summed E-state index contributed by atoms with van der Waals surface area (Å²) in [5.74, 6) is 0.957. The van der Waals surface area contributed by atoms with Crippen molar-refractivity contribution in [1.82, 2.24) is 20.2 Å². The Morgan fingerprint density at radius 2 is 2.22 bits per heavy atom. The summed E-state index contributed by atoms with van der Waals surface area (Å²) in [6.07, 6.45) is 0. The summed E-state index contributed by atoms with van der Waals surface area (Å²) in [6, 6.07) is 3.68. The van der Waals surface area contributed by atoms with Crippen LogP contribution in [-0.2, 0) is 18.4 Å². The van der Waals surface area contributed by atoms with Gasteiger partial charge in [-0.05, 0) is 51.0 Å². The Morgan fingerprint density at radius 1 is 1.43 bits per heavy atom. The quantitative estimate of drug-likeness (QED) is 0.692. The van der Waals surface area contributed by atoms with E-state index in [2.05, 4.69) is 36.8 Å². The molecular formula is C13H17BrN6O3. The molecule has 0 radical (unpaired) electrons. The summed E-state index contributed by atoms with van der Waals surface area (Å²) in [5.41, 5.74) is 6.03. The van der Waals surface area contributed by atoms with Crippen molar-refractivity contribution < 1.29 is 14.3 Å².